The van der Waals surface area contributed by atoms with Crippen molar-refractivity contribution >= 4 is 17.3 Å². The predicted molar refractivity (Wildman–Crippen MR) is 74.9 cm³/mol. The van der Waals surface area contributed by atoms with Gasteiger partial charge in [0.05, 0.1) is 23.5 Å². The van der Waals surface area contributed by atoms with Crippen LogP contribution in [0.4, 0.5) is 11.4 Å². The minimum Gasteiger partial charge on any atom is -0.462 e. The molecule has 0 heterocycles. The van der Waals surface area contributed by atoms with E-state index in [-0.39, 0.29) is 5.97 Å². The van der Waals surface area contributed by atoms with Crippen molar-refractivity contribution in [1.82, 2.24) is 0 Å². The van der Waals surface area contributed by atoms with Crippen molar-refractivity contribution in [2.75, 3.05) is 30.8 Å². The molecule has 0 bridgehead atoms. The van der Waals surface area contributed by atoms with Gasteiger partial charge in [-0.25, -0.2) is 4.79 Å². The molecule has 1 aromatic carbocycles. The van der Waals surface area contributed by atoms with E-state index in [2.05, 4.69) is 18.7 Å². The molecule has 1 rings (SSSR count). The molecule has 2 N–H and O–H groups in total. The van der Waals surface area contributed by atoms with Gasteiger partial charge in [-0.15, -0.1) is 0 Å². The van der Waals surface area contributed by atoms with Gasteiger partial charge in [0.15, 0.2) is 0 Å². The van der Waals surface area contributed by atoms with Crippen molar-refractivity contribution in [3.63, 3.8) is 0 Å². The minimum absolute atomic E-state index is 0.309. The first kappa shape index (κ1) is 14.4. The molecule has 100 valence electrons. The summed E-state index contributed by atoms with van der Waals surface area (Å²) in [6.45, 7) is 7.33. The lowest BCUT2D eigenvalue weighted by Gasteiger charge is -2.23. The first-order chi connectivity index (χ1) is 8.45. The number of hydrogen-bond donors (Lipinski definition) is 1. The fraction of sp³-hybridized carbons (Fsp3) is 0.500. The van der Waals surface area contributed by atoms with Gasteiger partial charge in [0.2, 0.25) is 0 Å². The highest BCUT2D eigenvalue weighted by Crippen LogP contribution is 2.24. The minimum atomic E-state index is -0.309. The number of nitrogens with two attached hydrogens (primary N) is 1. The van der Waals surface area contributed by atoms with Crippen LogP contribution in [0, 0.1) is 5.92 Å². The van der Waals surface area contributed by atoms with Crippen LogP contribution >= 0.6 is 0 Å². The van der Waals surface area contributed by atoms with Crippen molar-refractivity contribution in [2.45, 2.75) is 20.8 Å². The molecular formula is C14H22N2O2. The Balaban J connectivity index is 2.97. The number of hydrogen-bond acceptors (Lipinski definition) is 4. The van der Waals surface area contributed by atoms with Crippen LogP contribution in [0.15, 0.2) is 18.2 Å². The third-order valence-electron chi connectivity index (χ3n) is 2.59. The molecule has 4 nitrogen and oxygen atoms in total. The highest BCUT2D eigenvalue weighted by Gasteiger charge is 2.12. The van der Waals surface area contributed by atoms with Gasteiger partial charge in [0, 0.05) is 13.6 Å². The van der Waals surface area contributed by atoms with Gasteiger partial charge >= 0.3 is 5.97 Å². The molecule has 4 heteroatoms. The van der Waals surface area contributed by atoms with E-state index in [0.717, 1.165) is 12.2 Å². The Morgan fingerprint density at radius 2 is 2.11 bits per heavy atom. The number of anilines is 2. The van der Waals surface area contributed by atoms with Gasteiger partial charge in [-0.3, -0.25) is 0 Å². The monoisotopic (exact) mass is 250 g/mol. The number of nitrogen functional groups attached to an aromatic ring is 1. The van der Waals surface area contributed by atoms with Crippen LogP contribution in [0.2, 0.25) is 0 Å². The summed E-state index contributed by atoms with van der Waals surface area (Å²) in [4.78, 5) is 13.7. The van der Waals surface area contributed by atoms with Crippen LogP contribution in [0.5, 0.6) is 0 Å². The van der Waals surface area contributed by atoms with E-state index >= 15 is 0 Å². The molecule has 0 spiro atoms. The maximum absolute atomic E-state index is 11.7. The maximum Gasteiger partial charge on any atom is 0.338 e. The lowest BCUT2D eigenvalue weighted by Crippen LogP contribution is -2.23. The Labute approximate surface area is 109 Å². The van der Waals surface area contributed by atoms with E-state index in [1.165, 1.54) is 0 Å². The molecule has 1 aromatic rings. The summed E-state index contributed by atoms with van der Waals surface area (Å²) < 4.78 is 4.99. The molecule has 0 radical (unpaired) electrons. The van der Waals surface area contributed by atoms with E-state index in [0.29, 0.717) is 23.8 Å². The molecule has 0 aromatic heterocycles. The average Bonchev–Trinajstić information content (AvgIpc) is 2.28. The smallest absolute Gasteiger partial charge is 0.338 e. The van der Waals surface area contributed by atoms with Crippen molar-refractivity contribution < 1.29 is 9.53 Å². The topological polar surface area (TPSA) is 55.6 Å². The van der Waals surface area contributed by atoms with Gasteiger partial charge < -0.3 is 15.4 Å². The van der Waals surface area contributed by atoms with Crippen molar-refractivity contribution in [3.8, 4) is 0 Å². The van der Waals surface area contributed by atoms with Gasteiger partial charge in [0.1, 0.15) is 0 Å². The Hall–Kier alpha value is -1.71. The number of carbonyl (C=O) groups is 1. The number of carbonyl (C=O) groups excluding carboxylic acids is 1. The summed E-state index contributed by atoms with van der Waals surface area (Å²) in [7, 11) is 1.97. The van der Waals surface area contributed by atoms with E-state index in [9.17, 15) is 4.79 Å². The first-order valence-corrected chi connectivity index (χ1v) is 6.23. The molecule has 0 fully saturated rings. The van der Waals surface area contributed by atoms with Crippen LogP contribution in [0.25, 0.3) is 0 Å². The fourth-order valence-corrected chi connectivity index (χ4v) is 1.86. The molecular weight excluding hydrogens is 228 g/mol. The zero-order chi connectivity index (χ0) is 13.7. The summed E-state index contributed by atoms with van der Waals surface area (Å²) in [6, 6.07) is 5.23. The second-order valence-corrected chi connectivity index (χ2v) is 4.77. The van der Waals surface area contributed by atoms with E-state index in [4.69, 9.17) is 10.5 Å². The largest absolute Gasteiger partial charge is 0.462 e. The second kappa shape index (κ2) is 6.28. The SMILES string of the molecule is CCOC(=O)c1ccc(N)c(N(C)CC(C)C)c1. The molecule has 0 amide bonds. The number of ether oxygens (including phenoxy) is 1. The number of rotatable bonds is 5. The summed E-state index contributed by atoms with van der Waals surface area (Å²) in [5.41, 5.74) is 8.03. The van der Waals surface area contributed by atoms with Gasteiger partial charge in [-0.05, 0) is 31.0 Å². The Morgan fingerprint density at radius 1 is 1.44 bits per heavy atom. The molecule has 0 unspecified atom stereocenters. The zero-order valence-electron chi connectivity index (χ0n) is 11.6. The van der Waals surface area contributed by atoms with E-state index < -0.39 is 0 Å². The van der Waals surface area contributed by atoms with Gasteiger partial charge in [-0.1, -0.05) is 13.8 Å². The molecule has 18 heavy (non-hydrogen) atoms. The third kappa shape index (κ3) is 3.65. The van der Waals surface area contributed by atoms with Gasteiger partial charge in [-0.2, -0.15) is 0 Å². The van der Waals surface area contributed by atoms with Crippen molar-refractivity contribution in [2.24, 2.45) is 5.92 Å². The standard InChI is InChI=1S/C14H22N2O2/c1-5-18-14(17)11-6-7-12(15)13(8-11)16(4)9-10(2)3/h6-8,10H,5,9,15H2,1-4H3. The molecule has 0 saturated carbocycles. The van der Waals surface area contributed by atoms with E-state index in [1.54, 1.807) is 25.1 Å². The zero-order valence-corrected chi connectivity index (χ0v) is 11.6. The van der Waals surface area contributed by atoms with Crippen molar-refractivity contribution in [3.05, 3.63) is 23.8 Å². The average molecular weight is 250 g/mol. The van der Waals surface area contributed by atoms with E-state index in [1.807, 2.05) is 7.05 Å². The quantitative estimate of drug-likeness (QED) is 0.644. The number of nitrogens with zero attached hydrogens (tertiary/aromatic N) is 1. The Bertz CT molecular complexity index is 416. The van der Waals surface area contributed by atoms with Crippen LogP contribution in [0.3, 0.4) is 0 Å². The van der Waals surface area contributed by atoms with Crippen molar-refractivity contribution in [1.29, 1.82) is 0 Å². The maximum atomic E-state index is 11.7. The molecule has 0 aliphatic rings. The first-order valence-electron chi connectivity index (χ1n) is 6.23. The highest BCUT2D eigenvalue weighted by atomic mass is 16.5. The summed E-state index contributed by atoms with van der Waals surface area (Å²) >= 11 is 0. The molecule has 0 atom stereocenters. The van der Waals surface area contributed by atoms with Crippen LogP contribution in [-0.4, -0.2) is 26.2 Å². The van der Waals surface area contributed by atoms with Crippen LogP contribution in [-0.2, 0) is 4.74 Å². The van der Waals surface area contributed by atoms with Crippen LogP contribution < -0.4 is 10.6 Å². The van der Waals surface area contributed by atoms with Crippen LogP contribution in [0.1, 0.15) is 31.1 Å². The molecule has 0 saturated heterocycles. The second-order valence-electron chi connectivity index (χ2n) is 4.77. The Kier molecular flexibility index (Phi) is 5.01. The lowest BCUT2D eigenvalue weighted by molar-refractivity contribution is 0.0526. The number of esters is 1. The third-order valence-corrected chi connectivity index (χ3v) is 2.59. The van der Waals surface area contributed by atoms with Gasteiger partial charge in [0.25, 0.3) is 0 Å². The summed E-state index contributed by atoms with van der Waals surface area (Å²) in [5, 5.41) is 0. The lowest BCUT2D eigenvalue weighted by atomic mass is 10.1. The Morgan fingerprint density at radius 3 is 2.67 bits per heavy atom. The highest BCUT2D eigenvalue weighted by molar-refractivity contribution is 5.92. The molecule has 0 aliphatic heterocycles. The summed E-state index contributed by atoms with van der Waals surface area (Å²) in [6.07, 6.45) is 0. The number of benzene rings is 1. The normalized spacial score (nSPS) is 10.5. The molecule has 0 aliphatic carbocycles. The fourth-order valence-electron chi connectivity index (χ4n) is 1.86. The summed E-state index contributed by atoms with van der Waals surface area (Å²) in [5.74, 6) is 0.220. The predicted octanol–water partition coefficient (Wildman–Crippen LogP) is 2.54.